The highest BCUT2D eigenvalue weighted by Crippen LogP contribution is 2.42. The summed E-state index contributed by atoms with van der Waals surface area (Å²) in [6.07, 6.45) is -10.8. The Kier molecular flexibility index (Phi) is 6.46. The van der Waals surface area contributed by atoms with Gasteiger partial charge in [0, 0.05) is 6.08 Å². The van der Waals surface area contributed by atoms with Crippen molar-refractivity contribution in [1.29, 1.82) is 0 Å². The van der Waals surface area contributed by atoms with E-state index in [1.54, 1.807) is 0 Å². The van der Waals surface area contributed by atoms with Crippen molar-refractivity contribution in [2.24, 2.45) is 10.7 Å². The number of rotatable bonds is 6. The van der Waals surface area contributed by atoms with Crippen LogP contribution >= 0.6 is 7.82 Å². The highest BCUT2D eigenvalue weighted by Gasteiger charge is 2.66. The molecule has 3 aliphatic heterocycles. The number of amides is 2. The van der Waals surface area contributed by atoms with Gasteiger partial charge >= 0.3 is 13.9 Å². The summed E-state index contributed by atoms with van der Waals surface area (Å²) in [5.41, 5.74) is 5.52. The fourth-order valence-electron chi connectivity index (χ4n) is 3.65. The Balaban J connectivity index is 1.97. The van der Waals surface area contributed by atoms with Gasteiger partial charge in [-0.1, -0.05) is 0 Å². The third-order valence-electron chi connectivity index (χ3n) is 5.15. The number of aliphatic imine (C=N–C) groups is 1. The van der Waals surface area contributed by atoms with E-state index in [2.05, 4.69) is 9.52 Å². The predicted molar refractivity (Wildman–Crippen MR) is 92.8 cm³/mol. The first-order chi connectivity index (χ1) is 13.9. The van der Waals surface area contributed by atoms with Crippen molar-refractivity contribution in [2.75, 3.05) is 13.2 Å². The zero-order valence-corrected chi connectivity index (χ0v) is 16.2. The van der Waals surface area contributed by atoms with Gasteiger partial charge in [0.1, 0.15) is 36.5 Å². The lowest BCUT2D eigenvalue weighted by Gasteiger charge is -2.41. The van der Waals surface area contributed by atoms with Gasteiger partial charge in [0.05, 0.1) is 13.2 Å². The molecule has 0 radical (unpaired) electrons. The van der Waals surface area contributed by atoms with E-state index >= 15 is 0 Å². The van der Waals surface area contributed by atoms with Gasteiger partial charge in [-0.05, 0) is 0 Å². The van der Waals surface area contributed by atoms with Gasteiger partial charge in [-0.2, -0.15) is 4.48 Å². The lowest BCUT2D eigenvalue weighted by molar-refractivity contribution is -0.903. The van der Waals surface area contributed by atoms with Crippen molar-refractivity contribution >= 4 is 19.7 Å². The van der Waals surface area contributed by atoms with Crippen LogP contribution in [0.25, 0.3) is 0 Å². The first-order valence-electron chi connectivity index (χ1n) is 8.72. The van der Waals surface area contributed by atoms with Gasteiger partial charge in [0.25, 0.3) is 0 Å². The summed E-state index contributed by atoms with van der Waals surface area (Å²) in [5, 5.41) is 50.7. The Morgan fingerprint density at radius 3 is 2.07 bits per heavy atom. The van der Waals surface area contributed by atoms with Crippen molar-refractivity contribution in [3.8, 4) is 0 Å². The summed E-state index contributed by atoms with van der Waals surface area (Å²) in [6.45, 7) is -1.54. The number of phosphoric ester groups is 1. The van der Waals surface area contributed by atoms with Crippen molar-refractivity contribution in [2.45, 2.75) is 49.1 Å². The van der Waals surface area contributed by atoms with Crippen LogP contribution in [-0.2, 0) is 18.6 Å². The lowest BCUT2D eigenvalue weighted by Crippen LogP contribution is -2.67. The average molecular weight is 456 g/mol. The second-order valence-corrected chi connectivity index (χ2v) is 8.27. The maximum Gasteiger partial charge on any atom is 0.469 e. The normalized spacial score (nSPS) is 44.5. The summed E-state index contributed by atoms with van der Waals surface area (Å²) in [4.78, 5) is 34.2. The number of urea groups is 1. The largest absolute Gasteiger partial charge is 0.469 e. The quantitative estimate of drug-likeness (QED) is 0.140. The predicted octanol–water partition coefficient (Wildman–Crippen LogP) is -4.20. The molecular formula is C14H23N3O12P+. The Labute approximate surface area is 169 Å². The number of ether oxygens (including phenoxy) is 2. The van der Waals surface area contributed by atoms with E-state index in [1.807, 2.05) is 0 Å². The summed E-state index contributed by atoms with van der Waals surface area (Å²) >= 11 is 0. The number of carbonyl (C=O) groups is 1. The van der Waals surface area contributed by atoms with Crippen molar-refractivity contribution in [3.63, 3.8) is 0 Å². The molecule has 3 aliphatic rings. The molecule has 170 valence electrons. The highest BCUT2D eigenvalue weighted by atomic mass is 31.2. The molecule has 2 fully saturated rings. The van der Waals surface area contributed by atoms with E-state index in [-0.39, 0.29) is 5.84 Å². The number of hydrogen-bond donors (Lipinski definition) is 8. The van der Waals surface area contributed by atoms with E-state index in [0.29, 0.717) is 0 Å². The summed E-state index contributed by atoms with van der Waals surface area (Å²) < 4.78 is 25.0. The molecule has 0 aromatic carbocycles. The minimum absolute atomic E-state index is 0.213. The Hall–Kier alpha value is -1.33. The zero-order valence-electron chi connectivity index (χ0n) is 15.3. The van der Waals surface area contributed by atoms with Gasteiger partial charge in [-0.25, -0.2) is 9.36 Å². The van der Waals surface area contributed by atoms with E-state index in [4.69, 9.17) is 25.0 Å². The summed E-state index contributed by atoms with van der Waals surface area (Å²) in [7, 11) is -4.93. The molecule has 0 aromatic heterocycles. The molecule has 0 aliphatic carbocycles. The molecule has 3 heterocycles. The maximum atomic E-state index is 12.9. The molecule has 30 heavy (non-hydrogen) atoms. The van der Waals surface area contributed by atoms with Crippen LogP contribution < -0.4 is 5.73 Å². The summed E-state index contributed by atoms with van der Waals surface area (Å²) in [5.74, 6) is -0.213. The number of nitrogens with zero attached hydrogens (tertiary/aromatic N) is 2. The zero-order chi connectivity index (χ0) is 22.4. The first-order valence-corrected chi connectivity index (χ1v) is 10.3. The van der Waals surface area contributed by atoms with Crippen molar-refractivity contribution in [3.05, 3.63) is 12.3 Å². The average Bonchev–Trinajstić information content (AvgIpc) is 3.11. The number of carbonyl (C=O) groups excluding carboxylic acids is 1. The van der Waals surface area contributed by atoms with Crippen LogP contribution in [0, 0.1) is 0 Å². The molecule has 15 nitrogen and oxygen atoms in total. The minimum atomic E-state index is -4.93. The lowest BCUT2D eigenvalue weighted by atomic mass is 10.1. The van der Waals surface area contributed by atoms with Crippen LogP contribution in [0.3, 0.4) is 0 Å². The summed E-state index contributed by atoms with van der Waals surface area (Å²) in [6, 6.07) is -1.09. The fraction of sp³-hybridized carbons (Fsp3) is 0.714. The Morgan fingerprint density at radius 1 is 1.07 bits per heavy atom. The van der Waals surface area contributed by atoms with Gasteiger partial charge in [-0.15, -0.1) is 4.99 Å². The van der Waals surface area contributed by atoms with Crippen LogP contribution in [0.5, 0.6) is 0 Å². The van der Waals surface area contributed by atoms with Gasteiger partial charge in [-0.3, -0.25) is 4.52 Å². The van der Waals surface area contributed by atoms with E-state index in [9.17, 15) is 34.9 Å². The van der Waals surface area contributed by atoms with Crippen LogP contribution in [0.2, 0.25) is 0 Å². The van der Waals surface area contributed by atoms with Gasteiger partial charge in [0.2, 0.25) is 12.5 Å². The highest BCUT2D eigenvalue weighted by molar-refractivity contribution is 7.46. The number of aliphatic hydroxyl groups is 5. The molecule has 0 spiro atoms. The third-order valence-corrected chi connectivity index (χ3v) is 5.64. The minimum Gasteiger partial charge on any atom is -0.394 e. The van der Waals surface area contributed by atoms with Crippen LogP contribution in [0.4, 0.5) is 4.79 Å². The maximum absolute atomic E-state index is 12.9. The third kappa shape index (κ3) is 3.95. The number of aliphatic hydroxyl groups excluding tert-OH is 5. The molecule has 0 bridgehead atoms. The molecule has 9 N–H and O–H groups in total. The Morgan fingerprint density at radius 2 is 1.60 bits per heavy atom. The first kappa shape index (κ1) is 23.3. The monoisotopic (exact) mass is 456 g/mol. The topological polar surface area (TPSA) is 242 Å². The van der Waals surface area contributed by atoms with E-state index in [1.165, 1.54) is 0 Å². The number of amidine groups is 1. The second-order valence-electron chi connectivity index (χ2n) is 7.03. The fourth-order valence-corrected chi connectivity index (χ4v) is 3.99. The van der Waals surface area contributed by atoms with Gasteiger partial charge in [0.15, 0.2) is 12.2 Å². The molecule has 2 amide bonds. The Bertz CT molecular complexity index is 788. The molecule has 9 atom stereocenters. The molecule has 2 saturated heterocycles. The van der Waals surface area contributed by atoms with Crippen LogP contribution in [-0.4, -0.2) is 114 Å². The molecule has 0 aromatic rings. The van der Waals surface area contributed by atoms with E-state index in [0.717, 1.165) is 12.3 Å². The molecule has 16 heteroatoms. The SMILES string of the molecule is NC1=NC(=O)[N+]([C@@H]2O[C@H](COP(=O)(O)O)[C@@H](O)[C@H]2O)([C@@H]2O[C@H](CO)[C@@H](O)[C@@H]2O)C=C1. The van der Waals surface area contributed by atoms with Crippen LogP contribution in [0.1, 0.15) is 0 Å². The molecule has 0 saturated carbocycles. The number of quaternary nitrogens is 1. The van der Waals surface area contributed by atoms with Crippen molar-refractivity contribution in [1.82, 2.24) is 0 Å². The number of phosphoric acid groups is 1. The van der Waals surface area contributed by atoms with E-state index < -0.39 is 80.6 Å². The molecular weight excluding hydrogens is 433 g/mol. The van der Waals surface area contributed by atoms with Crippen LogP contribution in [0.15, 0.2) is 17.3 Å². The second kappa shape index (κ2) is 8.31. The number of nitrogens with two attached hydrogens (primary N) is 1. The smallest absolute Gasteiger partial charge is 0.394 e. The molecule has 3 rings (SSSR count). The van der Waals surface area contributed by atoms with Gasteiger partial charge < -0.3 is 50.5 Å². The van der Waals surface area contributed by atoms with Crippen molar-refractivity contribution < 1.29 is 63.2 Å². The standard InChI is InChI=1S/C14H22N3O12P/c15-7-1-2-17(14(23)16-7,12-10(21)8(19)5(3-18)28-12)13-11(22)9(20)6(29-13)4-27-30(24,25)26/h1-2,5-6,8-13,18-22H,3-4H2,(H3-,15,16,23,24,25,26)/p+1/t5-,6-,8-,9-,10+,11-,12-,13-,17?/m1/s1. The molecule has 1 unspecified atom stereocenters. The number of hydrogen-bond acceptors (Lipinski definition) is 11.